The lowest BCUT2D eigenvalue weighted by Crippen LogP contribution is -2.28. The highest BCUT2D eigenvalue weighted by atomic mass is 35.5. The van der Waals surface area contributed by atoms with E-state index in [9.17, 15) is 4.79 Å². The van der Waals surface area contributed by atoms with E-state index in [-0.39, 0.29) is 12.5 Å². The van der Waals surface area contributed by atoms with Gasteiger partial charge in [-0.25, -0.2) is 0 Å². The Morgan fingerprint density at radius 3 is 3.06 bits per heavy atom. The van der Waals surface area contributed by atoms with Crippen molar-refractivity contribution in [3.05, 3.63) is 41.5 Å². The molecule has 94 valence electrons. The first-order valence-electron chi connectivity index (χ1n) is 5.25. The fourth-order valence-corrected chi connectivity index (χ4v) is 1.52. The van der Waals surface area contributed by atoms with Crippen molar-refractivity contribution in [3.8, 4) is 0 Å². The molecule has 1 heterocycles. The molecule has 1 amide bonds. The summed E-state index contributed by atoms with van der Waals surface area (Å²) in [6.07, 6.45) is 1.24. The Balaban J connectivity index is 1.75. The molecule has 0 aliphatic heterocycles. The molecular formula is C11H11ClN4O2. The predicted molar refractivity (Wildman–Crippen MR) is 66.1 cm³/mol. The third kappa shape index (κ3) is 3.83. The first kappa shape index (κ1) is 12.5. The highest BCUT2D eigenvalue weighted by Gasteiger charge is 2.03. The van der Waals surface area contributed by atoms with Gasteiger partial charge >= 0.3 is 0 Å². The van der Waals surface area contributed by atoms with Gasteiger partial charge in [-0.15, -0.1) is 0 Å². The van der Waals surface area contributed by atoms with E-state index >= 15 is 0 Å². The number of rotatable bonds is 5. The van der Waals surface area contributed by atoms with Crippen LogP contribution in [-0.4, -0.2) is 22.6 Å². The zero-order chi connectivity index (χ0) is 12.8. The molecule has 1 aromatic heterocycles. The summed E-state index contributed by atoms with van der Waals surface area (Å²) < 4.78 is 4.56. The quantitative estimate of drug-likeness (QED) is 0.856. The van der Waals surface area contributed by atoms with Gasteiger partial charge in [0.15, 0.2) is 5.82 Å². The minimum atomic E-state index is -0.166. The molecule has 18 heavy (non-hydrogen) atoms. The van der Waals surface area contributed by atoms with Crippen molar-refractivity contribution in [1.82, 2.24) is 15.5 Å². The van der Waals surface area contributed by atoms with Gasteiger partial charge in [-0.3, -0.25) is 4.79 Å². The Kier molecular flexibility index (Phi) is 4.27. The molecule has 0 aliphatic carbocycles. The number of aromatic nitrogens is 2. The minimum Gasteiger partial charge on any atom is -0.343 e. The highest BCUT2D eigenvalue weighted by molar-refractivity contribution is 6.30. The number of nitrogens with one attached hydrogen (secondary N) is 2. The summed E-state index contributed by atoms with van der Waals surface area (Å²) in [5, 5.41) is 9.79. The Morgan fingerprint density at radius 2 is 2.33 bits per heavy atom. The normalized spacial score (nSPS) is 10.3. The largest absolute Gasteiger partial charge is 0.343 e. The Labute approximate surface area is 108 Å². The van der Waals surface area contributed by atoms with Crippen LogP contribution in [0.4, 0.5) is 5.69 Å². The molecule has 0 aliphatic rings. The van der Waals surface area contributed by atoms with Crippen LogP contribution in [-0.2, 0) is 11.3 Å². The van der Waals surface area contributed by atoms with Gasteiger partial charge in [0.25, 0.3) is 0 Å². The van der Waals surface area contributed by atoms with Crippen molar-refractivity contribution < 1.29 is 9.32 Å². The molecule has 0 bridgehead atoms. The first-order valence-corrected chi connectivity index (χ1v) is 5.63. The fraction of sp³-hybridized carbons (Fsp3) is 0.182. The summed E-state index contributed by atoms with van der Waals surface area (Å²) in [6.45, 7) is 0.528. The molecule has 0 atom stereocenters. The molecule has 2 N–H and O–H groups in total. The maximum Gasteiger partial charge on any atom is 0.238 e. The predicted octanol–water partition coefficient (Wildman–Crippen LogP) is 1.45. The van der Waals surface area contributed by atoms with Crippen LogP contribution >= 0.6 is 11.6 Å². The van der Waals surface area contributed by atoms with Crippen LogP contribution in [0.15, 0.2) is 35.2 Å². The van der Waals surface area contributed by atoms with Crippen molar-refractivity contribution in [3.63, 3.8) is 0 Å². The van der Waals surface area contributed by atoms with E-state index in [4.69, 9.17) is 11.6 Å². The standard InChI is InChI=1S/C11H11ClN4O2/c12-8-2-1-3-9(4-8)15-11(17)6-13-5-10-14-7-18-16-10/h1-4,7,13H,5-6H2,(H,15,17). The summed E-state index contributed by atoms with van der Waals surface area (Å²) in [5.41, 5.74) is 0.661. The third-order valence-corrected chi connectivity index (χ3v) is 2.32. The monoisotopic (exact) mass is 266 g/mol. The van der Waals surface area contributed by atoms with E-state index in [0.717, 1.165) is 0 Å². The van der Waals surface area contributed by atoms with Crippen LogP contribution in [0.5, 0.6) is 0 Å². The van der Waals surface area contributed by atoms with Crippen LogP contribution in [0, 0.1) is 0 Å². The van der Waals surface area contributed by atoms with Crippen molar-refractivity contribution in [2.24, 2.45) is 0 Å². The number of hydrogen-bond acceptors (Lipinski definition) is 5. The number of anilines is 1. The van der Waals surface area contributed by atoms with E-state index < -0.39 is 0 Å². The molecule has 0 fully saturated rings. The Hall–Kier alpha value is -1.92. The molecule has 0 unspecified atom stereocenters. The maximum absolute atomic E-state index is 11.6. The topological polar surface area (TPSA) is 80.1 Å². The number of amides is 1. The summed E-state index contributed by atoms with van der Waals surface area (Å²) in [5.74, 6) is 0.339. The van der Waals surface area contributed by atoms with E-state index in [1.807, 2.05) is 0 Å². The smallest absolute Gasteiger partial charge is 0.238 e. The highest BCUT2D eigenvalue weighted by Crippen LogP contribution is 2.14. The third-order valence-electron chi connectivity index (χ3n) is 2.08. The summed E-state index contributed by atoms with van der Waals surface area (Å²) in [7, 11) is 0. The van der Waals surface area contributed by atoms with Gasteiger partial charge in [0.05, 0.1) is 13.1 Å². The lowest BCUT2D eigenvalue weighted by atomic mass is 10.3. The SMILES string of the molecule is O=C(CNCc1ncon1)Nc1cccc(Cl)c1. The minimum absolute atomic E-state index is 0.154. The van der Waals surface area contributed by atoms with Gasteiger partial charge in [-0.1, -0.05) is 22.8 Å². The van der Waals surface area contributed by atoms with Crippen LogP contribution in [0.25, 0.3) is 0 Å². The van der Waals surface area contributed by atoms with Gasteiger partial charge in [-0.05, 0) is 18.2 Å². The van der Waals surface area contributed by atoms with Crippen LogP contribution in [0.2, 0.25) is 5.02 Å². The fourth-order valence-electron chi connectivity index (χ4n) is 1.33. The van der Waals surface area contributed by atoms with Crippen molar-refractivity contribution >= 4 is 23.2 Å². The van der Waals surface area contributed by atoms with Gasteiger partial charge in [0.2, 0.25) is 12.3 Å². The molecule has 0 radical (unpaired) electrons. The summed E-state index contributed by atoms with van der Waals surface area (Å²) in [4.78, 5) is 15.4. The van der Waals surface area contributed by atoms with E-state index in [1.165, 1.54) is 6.39 Å². The Bertz CT molecular complexity index is 516. The zero-order valence-corrected chi connectivity index (χ0v) is 10.1. The maximum atomic E-state index is 11.6. The second-order valence-electron chi connectivity index (χ2n) is 3.51. The molecule has 1 aromatic carbocycles. The molecule has 2 rings (SSSR count). The van der Waals surface area contributed by atoms with Crippen molar-refractivity contribution in [2.75, 3.05) is 11.9 Å². The van der Waals surface area contributed by atoms with Crippen molar-refractivity contribution in [1.29, 1.82) is 0 Å². The van der Waals surface area contributed by atoms with E-state index in [2.05, 4.69) is 25.3 Å². The van der Waals surface area contributed by atoms with Gasteiger partial charge in [0, 0.05) is 10.7 Å². The average molecular weight is 267 g/mol. The number of benzene rings is 1. The van der Waals surface area contributed by atoms with Gasteiger partial charge in [0.1, 0.15) is 0 Å². The molecule has 0 saturated heterocycles. The number of halogens is 1. The molecule has 7 heteroatoms. The lowest BCUT2D eigenvalue weighted by Gasteiger charge is -2.05. The second kappa shape index (κ2) is 6.13. The zero-order valence-electron chi connectivity index (χ0n) is 9.39. The molecular weight excluding hydrogens is 256 g/mol. The summed E-state index contributed by atoms with van der Waals surface area (Å²) in [6, 6.07) is 6.96. The number of carbonyl (C=O) groups excluding carboxylic acids is 1. The molecule has 2 aromatic rings. The average Bonchev–Trinajstić information content (AvgIpc) is 2.82. The van der Waals surface area contributed by atoms with Crippen LogP contribution in [0.3, 0.4) is 0 Å². The molecule has 0 spiro atoms. The first-order chi connectivity index (χ1) is 8.74. The lowest BCUT2D eigenvalue weighted by molar-refractivity contribution is -0.115. The molecule has 0 saturated carbocycles. The van der Waals surface area contributed by atoms with E-state index in [0.29, 0.717) is 23.1 Å². The Morgan fingerprint density at radius 1 is 1.44 bits per heavy atom. The number of hydrogen-bond donors (Lipinski definition) is 2. The van der Waals surface area contributed by atoms with Crippen molar-refractivity contribution in [2.45, 2.75) is 6.54 Å². The van der Waals surface area contributed by atoms with Gasteiger partial charge < -0.3 is 15.2 Å². The van der Waals surface area contributed by atoms with Gasteiger partial charge in [-0.2, -0.15) is 4.98 Å². The number of carbonyl (C=O) groups is 1. The number of nitrogens with zero attached hydrogens (tertiary/aromatic N) is 2. The second-order valence-corrected chi connectivity index (χ2v) is 3.95. The van der Waals surface area contributed by atoms with Crippen LogP contribution in [0.1, 0.15) is 5.82 Å². The van der Waals surface area contributed by atoms with E-state index in [1.54, 1.807) is 24.3 Å². The molecule has 6 nitrogen and oxygen atoms in total. The summed E-state index contributed by atoms with van der Waals surface area (Å²) >= 11 is 5.81. The van der Waals surface area contributed by atoms with Crippen LogP contribution < -0.4 is 10.6 Å².